The summed E-state index contributed by atoms with van der Waals surface area (Å²) in [6.45, 7) is 6.49. The van der Waals surface area contributed by atoms with E-state index in [1.165, 1.54) is 0 Å². The van der Waals surface area contributed by atoms with E-state index < -0.39 is 138 Å². The summed E-state index contributed by atoms with van der Waals surface area (Å²) in [5.74, 6) is -11.6. The molecule has 6 aliphatic rings. The number of carboxylic acid groups (broad SMARTS) is 3. The molecule has 56 heavy (non-hydrogen) atoms. The lowest BCUT2D eigenvalue weighted by atomic mass is 9.40. The minimum Gasteiger partial charge on any atom is -0.480 e. The van der Waals surface area contributed by atoms with Crippen molar-refractivity contribution in [2.24, 2.45) is 39.9 Å². The standard InChI is InChI=1S/C37H50O19/c1-15(2)9-22(40)54-26-28(53-19(13-38)25(37(26,51)31(48)49)55-32-36(50,14-39)24(42)27(43)56-32)52-18-11-33(4)20-6-5-17-10-34(20,23(41)16(17)3)8-7-21(33)35(12-18,29(44)45)30(46)47/h15,17-21,23,25-26,28,32,38-39,41,50-51H,3,5-14H2,1-2,4H3,(H,44,45)(H,46,47)(H,48,49)/t17-,18+,19-,20+,21+,23+,25-,26+,28-,32+,33+,34-,36-,37-/m1/s1. The molecular weight excluding hydrogens is 748 g/mol. The van der Waals surface area contributed by atoms with Crippen LogP contribution in [0.15, 0.2) is 12.2 Å². The number of ketones is 1. The molecule has 19 heteroatoms. The Hall–Kier alpha value is -3.56. The second-order valence-electron chi connectivity index (χ2n) is 17.2. The molecule has 6 fully saturated rings. The lowest BCUT2D eigenvalue weighted by molar-refractivity contribution is -0.365. The molecule has 19 nitrogen and oxygen atoms in total. The maximum atomic E-state index is 13.3. The van der Waals surface area contributed by atoms with Crippen molar-refractivity contribution in [1.82, 2.24) is 0 Å². The van der Waals surface area contributed by atoms with Crippen molar-refractivity contribution < 1.29 is 93.3 Å². The number of esters is 2. The first-order valence-electron chi connectivity index (χ1n) is 18.7. The molecule has 8 N–H and O–H groups in total. The SMILES string of the molecule is C=C1[C@@H]2CC[C@H]3[C@]4(C)C[C@H](O[C@@H]5O[C@H](CO)[C@@H](O[C@H]6OC(=O)C(=O)[C@]6(O)CO)[C@](O)(C(=O)O)[C@H]5OC(=O)CC(C)C)CC(C(=O)O)(C(=O)O)[C@H]4CC[C@]3(C2)[C@H]1O. The summed E-state index contributed by atoms with van der Waals surface area (Å²) in [6.07, 6.45) is -12.6. The van der Waals surface area contributed by atoms with E-state index in [4.69, 9.17) is 23.7 Å². The fraction of sp³-hybridized carbons (Fsp3) is 0.784. The second kappa shape index (κ2) is 14.4. The molecular formula is C37H50O19. The summed E-state index contributed by atoms with van der Waals surface area (Å²) >= 11 is 0. The Labute approximate surface area is 320 Å². The van der Waals surface area contributed by atoms with Gasteiger partial charge < -0.3 is 64.5 Å². The molecule has 0 aromatic carbocycles. The number of carbonyl (C=O) groups is 6. The third-order valence-electron chi connectivity index (χ3n) is 13.7. The zero-order chi connectivity index (χ0) is 41.5. The van der Waals surface area contributed by atoms with Gasteiger partial charge in [0.25, 0.3) is 5.78 Å². The number of hydrogen-bond acceptors (Lipinski definition) is 16. The fourth-order valence-electron chi connectivity index (χ4n) is 11.2. The van der Waals surface area contributed by atoms with Gasteiger partial charge in [-0.3, -0.25) is 19.2 Å². The number of rotatable bonds is 12. The van der Waals surface area contributed by atoms with Gasteiger partial charge in [-0.15, -0.1) is 0 Å². The third kappa shape index (κ3) is 5.99. The van der Waals surface area contributed by atoms with Crippen LogP contribution < -0.4 is 0 Å². The summed E-state index contributed by atoms with van der Waals surface area (Å²) in [5, 5.41) is 86.8. The smallest absolute Gasteiger partial charge is 0.380 e. The van der Waals surface area contributed by atoms with Crippen LogP contribution in [0.25, 0.3) is 0 Å². The molecule has 0 unspecified atom stereocenters. The maximum absolute atomic E-state index is 13.3. The largest absolute Gasteiger partial charge is 0.480 e. The van der Waals surface area contributed by atoms with E-state index in [-0.39, 0.29) is 31.1 Å². The van der Waals surface area contributed by atoms with E-state index in [1.807, 2.05) is 0 Å². The van der Waals surface area contributed by atoms with Crippen molar-refractivity contribution >= 4 is 35.6 Å². The molecule has 2 bridgehead atoms. The molecule has 312 valence electrons. The number of carboxylic acids is 3. The van der Waals surface area contributed by atoms with E-state index in [1.54, 1.807) is 20.8 Å². The molecule has 0 aromatic heterocycles. The first kappa shape index (κ1) is 42.1. The number of aliphatic hydroxyl groups is 5. The molecule has 4 aliphatic carbocycles. The number of hydrogen-bond donors (Lipinski definition) is 8. The van der Waals surface area contributed by atoms with Crippen molar-refractivity contribution in [2.45, 2.75) is 126 Å². The van der Waals surface area contributed by atoms with Gasteiger partial charge in [0.05, 0.1) is 25.4 Å². The van der Waals surface area contributed by atoms with Crippen molar-refractivity contribution in [1.29, 1.82) is 0 Å². The Kier molecular flexibility index (Phi) is 10.8. The van der Waals surface area contributed by atoms with Gasteiger partial charge in [-0.2, -0.15) is 0 Å². The molecule has 2 saturated heterocycles. The van der Waals surface area contributed by atoms with Crippen LogP contribution in [-0.4, -0.2) is 144 Å². The third-order valence-corrected chi connectivity index (χ3v) is 13.7. The van der Waals surface area contributed by atoms with Crippen molar-refractivity contribution in [3.8, 4) is 0 Å². The molecule has 14 atom stereocenters. The van der Waals surface area contributed by atoms with Crippen LogP contribution in [0.3, 0.4) is 0 Å². The summed E-state index contributed by atoms with van der Waals surface area (Å²) in [6, 6.07) is 0. The van der Waals surface area contributed by atoms with Crippen LogP contribution in [0.4, 0.5) is 0 Å². The molecule has 1 spiro atoms. The van der Waals surface area contributed by atoms with Gasteiger partial charge in [0.1, 0.15) is 12.2 Å². The van der Waals surface area contributed by atoms with E-state index in [2.05, 4.69) is 6.58 Å². The summed E-state index contributed by atoms with van der Waals surface area (Å²) in [7, 11) is 0. The Balaban J connectivity index is 1.42. The van der Waals surface area contributed by atoms with E-state index in [0.717, 1.165) is 0 Å². The highest BCUT2D eigenvalue weighted by Crippen LogP contribution is 2.72. The van der Waals surface area contributed by atoms with Crippen molar-refractivity contribution in [3.63, 3.8) is 0 Å². The van der Waals surface area contributed by atoms with Crippen molar-refractivity contribution in [3.05, 3.63) is 12.2 Å². The van der Waals surface area contributed by atoms with Gasteiger partial charge in [0, 0.05) is 18.3 Å². The summed E-state index contributed by atoms with van der Waals surface area (Å²) in [4.78, 5) is 77.3. The van der Waals surface area contributed by atoms with Crippen LogP contribution in [0.1, 0.15) is 72.1 Å². The molecule has 2 aliphatic heterocycles. The minimum absolute atomic E-state index is 0.0381. The molecule has 2 heterocycles. The molecule has 0 radical (unpaired) electrons. The molecule has 0 aromatic rings. The van der Waals surface area contributed by atoms with Gasteiger partial charge in [0.2, 0.25) is 17.5 Å². The van der Waals surface area contributed by atoms with Crippen molar-refractivity contribution in [2.75, 3.05) is 13.2 Å². The lowest BCUT2D eigenvalue weighted by Crippen LogP contribution is -2.74. The summed E-state index contributed by atoms with van der Waals surface area (Å²) in [5.41, 5.74) is -10.2. The summed E-state index contributed by atoms with van der Waals surface area (Å²) < 4.78 is 27.9. The Morgan fingerprint density at radius 2 is 1.57 bits per heavy atom. The van der Waals surface area contributed by atoms with Crippen LogP contribution in [-0.2, 0) is 52.5 Å². The zero-order valence-electron chi connectivity index (χ0n) is 31.2. The van der Waals surface area contributed by atoms with Crippen LogP contribution in [0.5, 0.6) is 0 Å². The second-order valence-corrected chi connectivity index (χ2v) is 17.2. The van der Waals surface area contributed by atoms with Gasteiger partial charge in [-0.1, -0.05) is 27.4 Å². The van der Waals surface area contributed by atoms with Gasteiger partial charge in [-0.25, -0.2) is 9.59 Å². The van der Waals surface area contributed by atoms with Crippen LogP contribution in [0, 0.1) is 39.9 Å². The monoisotopic (exact) mass is 798 g/mol. The Bertz CT molecular complexity index is 1660. The first-order valence-corrected chi connectivity index (χ1v) is 18.7. The van der Waals surface area contributed by atoms with E-state index >= 15 is 0 Å². The highest BCUT2D eigenvalue weighted by atomic mass is 16.8. The Morgan fingerprint density at radius 1 is 0.911 bits per heavy atom. The van der Waals surface area contributed by atoms with Gasteiger partial charge in [-0.05, 0) is 73.2 Å². The number of aliphatic carboxylic acids is 3. The van der Waals surface area contributed by atoms with E-state index in [9.17, 15) is 69.6 Å². The van der Waals surface area contributed by atoms with Gasteiger partial charge >= 0.3 is 29.8 Å². The number of ether oxygens (including phenoxy) is 5. The highest BCUT2D eigenvalue weighted by Gasteiger charge is 2.73. The van der Waals surface area contributed by atoms with Gasteiger partial charge in [0.15, 0.2) is 17.8 Å². The predicted molar refractivity (Wildman–Crippen MR) is 181 cm³/mol. The number of fused-ring (bicyclic) bond motifs is 3. The minimum atomic E-state index is -3.52. The average Bonchev–Trinajstić information content (AvgIpc) is 3.44. The molecule has 6 rings (SSSR count). The zero-order valence-corrected chi connectivity index (χ0v) is 31.2. The average molecular weight is 799 g/mol. The number of aliphatic hydroxyl groups excluding tert-OH is 3. The number of cyclic esters (lactones) is 1. The quantitative estimate of drug-likeness (QED) is 0.0391. The first-order chi connectivity index (χ1) is 26.1. The van der Waals surface area contributed by atoms with Crippen LogP contribution >= 0.6 is 0 Å². The number of Topliss-reactive ketones (excluding diaryl/α,β-unsaturated/α-hetero) is 1. The highest BCUT2D eigenvalue weighted by molar-refractivity contribution is 6.38. The molecule has 4 saturated carbocycles. The normalized spacial score (nSPS) is 44.1. The number of carbonyl (C=O) groups excluding carboxylic acids is 3. The van der Waals surface area contributed by atoms with Crippen LogP contribution in [0.2, 0.25) is 0 Å². The lowest BCUT2D eigenvalue weighted by Gasteiger charge is -2.64. The topological polar surface area (TPSA) is 310 Å². The fourth-order valence-corrected chi connectivity index (χ4v) is 11.2. The molecule has 0 amide bonds. The van der Waals surface area contributed by atoms with E-state index in [0.29, 0.717) is 31.3 Å². The Morgan fingerprint density at radius 3 is 2.14 bits per heavy atom. The maximum Gasteiger partial charge on any atom is 0.380 e. The predicted octanol–water partition coefficient (Wildman–Crippen LogP) is -0.878.